The van der Waals surface area contributed by atoms with E-state index in [0.29, 0.717) is 11.3 Å². The molecule has 132 valence electrons. The summed E-state index contributed by atoms with van der Waals surface area (Å²) < 4.78 is 36.9. The summed E-state index contributed by atoms with van der Waals surface area (Å²) in [6, 6.07) is 5.33. The zero-order valence-corrected chi connectivity index (χ0v) is 14.4. The number of benzene rings is 1. The third-order valence-corrected chi connectivity index (χ3v) is 4.91. The smallest absolute Gasteiger partial charge is 0.314 e. The highest BCUT2D eigenvalue weighted by Crippen LogP contribution is 2.42. The van der Waals surface area contributed by atoms with Crippen LogP contribution in [0.1, 0.15) is 19.4 Å². The van der Waals surface area contributed by atoms with Crippen LogP contribution >= 0.6 is 11.3 Å². The highest BCUT2D eigenvalue weighted by Gasteiger charge is 2.42. The second-order valence-corrected chi connectivity index (χ2v) is 7.07. The highest BCUT2D eigenvalue weighted by atomic mass is 32.1. The van der Waals surface area contributed by atoms with Crippen LogP contribution in [0.25, 0.3) is 11.3 Å². The van der Waals surface area contributed by atoms with Gasteiger partial charge in [0.05, 0.1) is 11.1 Å². The Hall–Kier alpha value is -2.42. The van der Waals surface area contributed by atoms with Crippen molar-refractivity contribution in [3.05, 3.63) is 29.1 Å². The van der Waals surface area contributed by atoms with Gasteiger partial charge in [-0.25, -0.2) is 4.98 Å². The van der Waals surface area contributed by atoms with Gasteiger partial charge in [0.25, 0.3) is 0 Å². The summed E-state index contributed by atoms with van der Waals surface area (Å²) in [5.41, 5.74) is 2.02. The van der Waals surface area contributed by atoms with E-state index >= 15 is 0 Å². The number of aromatic nitrogens is 1. The molecule has 0 bridgehead atoms. The van der Waals surface area contributed by atoms with Gasteiger partial charge in [-0.05, 0) is 31.5 Å². The molecule has 5 nitrogen and oxygen atoms in total. The van der Waals surface area contributed by atoms with E-state index in [-0.39, 0.29) is 11.0 Å². The summed E-state index contributed by atoms with van der Waals surface area (Å²) in [6.45, 7) is 3.63. The molecule has 0 spiro atoms. The fourth-order valence-corrected chi connectivity index (χ4v) is 3.48. The van der Waals surface area contributed by atoms with Gasteiger partial charge in [0.1, 0.15) is 0 Å². The lowest BCUT2D eigenvalue weighted by Crippen LogP contribution is -2.33. The lowest BCUT2D eigenvalue weighted by atomic mass is 9.85. The van der Waals surface area contributed by atoms with E-state index < -0.39 is 17.5 Å². The molecule has 0 fully saturated rings. The number of hydrogen-bond donors (Lipinski definition) is 1. The molecular formula is C16H14F3N3O2S. The molecule has 0 aliphatic carbocycles. The Balaban J connectivity index is 1.92. The molecule has 1 aliphatic rings. The summed E-state index contributed by atoms with van der Waals surface area (Å²) in [4.78, 5) is 28.9. The largest absolute Gasteiger partial charge is 0.471 e. The third-order valence-electron chi connectivity index (χ3n) is 4.15. The average Bonchev–Trinajstić information content (AvgIpc) is 3.05. The van der Waals surface area contributed by atoms with Crippen LogP contribution in [0.4, 0.5) is 24.0 Å². The molecule has 0 radical (unpaired) electrons. The number of rotatable bonds is 2. The summed E-state index contributed by atoms with van der Waals surface area (Å²) in [6.07, 6.45) is -4.96. The Kier molecular flexibility index (Phi) is 3.86. The van der Waals surface area contributed by atoms with Crippen molar-refractivity contribution >= 4 is 34.0 Å². The molecule has 25 heavy (non-hydrogen) atoms. The molecule has 3 rings (SSSR count). The van der Waals surface area contributed by atoms with Crippen molar-refractivity contribution < 1.29 is 22.8 Å². The number of halogens is 3. The number of nitrogens with zero attached hydrogens (tertiary/aromatic N) is 2. The molecule has 9 heteroatoms. The van der Waals surface area contributed by atoms with Gasteiger partial charge in [0, 0.05) is 23.7 Å². The van der Waals surface area contributed by atoms with Crippen LogP contribution in [0, 0.1) is 0 Å². The Bertz CT molecular complexity index is 874. The summed E-state index contributed by atoms with van der Waals surface area (Å²) in [7, 11) is 1.70. The van der Waals surface area contributed by atoms with Gasteiger partial charge in [-0.3, -0.25) is 14.9 Å². The number of amides is 2. The van der Waals surface area contributed by atoms with Gasteiger partial charge in [-0.2, -0.15) is 13.2 Å². The van der Waals surface area contributed by atoms with Gasteiger partial charge in [-0.1, -0.05) is 6.07 Å². The van der Waals surface area contributed by atoms with Gasteiger partial charge < -0.3 is 4.90 Å². The first kappa shape index (κ1) is 17.4. The van der Waals surface area contributed by atoms with Crippen LogP contribution in [-0.2, 0) is 15.0 Å². The van der Waals surface area contributed by atoms with Crippen molar-refractivity contribution in [3.63, 3.8) is 0 Å². The number of carbonyl (C=O) groups excluding carboxylic acids is 2. The third kappa shape index (κ3) is 2.88. The quantitative estimate of drug-likeness (QED) is 0.880. The Morgan fingerprint density at radius 3 is 2.64 bits per heavy atom. The number of carbonyl (C=O) groups is 2. The maximum Gasteiger partial charge on any atom is 0.471 e. The van der Waals surface area contributed by atoms with E-state index in [1.165, 1.54) is 0 Å². The number of fused-ring (bicyclic) bond motifs is 1. The van der Waals surface area contributed by atoms with E-state index in [4.69, 9.17) is 0 Å². The maximum absolute atomic E-state index is 12.3. The minimum absolute atomic E-state index is 0.0314. The van der Waals surface area contributed by atoms with E-state index in [1.807, 2.05) is 13.8 Å². The monoisotopic (exact) mass is 369 g/mol. The standard InChI is InChI=1S/C16H14F3N3O2S/c1-15(2)9-6-8(4-5-11(9)22(3)13(15)24)10-7-25-14(20-10)21-12(23)16(17,18)19/h4-7H,1-3H3,(H,20,21,23). The average molecular weight is 369 g/mol. The van der Waals surface area contributed by atoms with Gasteiger partial charge in [0.2, 0.25) is 5.91 Å². The molecule has 1 aliphatic heterocycles. The van der Waals surface area contributed by atoms with Crippen molar-refractivity contribution in [1.29, 1.82) is 0 Å². The lowest BCUT2D eigenvalue weighted by Gasteiger charge is -2.16. The zero-order valence-electron chi connectivity index (χ0n) is 13.6. The van der Waals surface area contributed by atoms with Crippen LogP contribution in [0.2, 0.25) is 0 Å². The Labute approximate surface area is 145 Å². The minimum atomic E-state index is -4.96. The fourth-order valence-electron chi connectivity index (χ4n) is 2.76. The Morgan fingerprint density at radius 2 is 2.00 bits per heavy atom. The minimum Gasteiger partial charge on any atom is -0.314 e. The second kappa shape index (κ2) is 5.55. The van der Waals surface area contributed by atoms with Crippen LogP contribution < -0.4 is 10.2 Å². The topological polar surface area (TPSA) is 62.3 Å². The molecular weight excluding hydrogens is 355 g/mol. The van der Waals surface area contributed by atoms with Crippen molar-refractivity contribution in [1.82, 2.24) is 4.98 Å². The van der Waals surface area contributed by atoms with Crippen LogP contribution in [0.3, 0.4) is 0 Å². The van der Waals surface area contributed by atoms with Crippen molar-refractivity contribution in [2.24, 2.45) is 0 Å². The lowest BCUT2D eigenvalue weighted by molar-refractivity contribution is -0.167. The van der Waals surface area contributed by atoms with E-state index in [0.717, 1.165) is 22.6 Å². The van der Waals surface area contributed by atoms with E-state index in [1.54, 1.807) is 40.8 Å². The molecule has 1 aromatic heterocycles. The van der Waals surface area contributed by atoms with E-state index in [2.05, 4.69) is 4.98 Å². The maximum atomic E-state index is 12.3. The number of hydrogen-bond acceptors (Lipinski definition) is 4. The second-order valence-electron chi connectivity index (χ2n) is 6.21. The van der Waals surface area contributed by atoms with E-state index in [9.17, 15) is 22.8 Å². The first-order valence-electron chi connectivity index (χ1n) is 7.28. The molecule has 1 aromatic carbocycles. The predicted molar refractivity (Wildman–Crippen MR) is 88.7 cm³/mol. The first-order valence-corrected chi connectivity index (χ1v) is 8.16. The van der Waals surface area contributed by atoms with Gasteiger partial charge in [-0.15, -0.1) is 11.3 Å². The molecule has 2 amide bonds. The van der Waals surface area contributed by atoms with Crippen LogP contribution in [0.15, 0.2) is 23.6 Å². The molecule has 0 saturated carbocycles. The van der Waals surface area contributed by atoms with Gasteiger partial charge >= 0.3 is 12.1 Å². The number of thiazole rings is 1. The van der Waals surface area contributed by atoms with Crippen molar-refractivity contribution in [2.75, 3.05) is 17.3 Å². The zero-order chi connectivity index (χ0) is 18.6. The Morgan fingerprint density at radius 1 is 1.32 bits per heavy atom. The predicted octanol–water partition coefficient (Wildman–Crippen LogP) is 3.56. The summed E-state index contributed by atoms with van der Waals surface area (Å²) >= 11 is 0.903. The highest BCUT2D eigenvalue weighted by molar-refractivity contribution is 7.14. The molecule has 0 atom stereocenters. The summed E-state index contributed by atoms with van der Waals surface area (Å²) in [5, 5.41) is 3.16. The molecule has 2 aromatic rings. The normalized spacial score (nSPS) is 16.1. The van der Waals surface area contributed by atoms with Crippen molar-refractivity contribution in [3.8, 4) is 11.3 Å². The molecule has 0 saturated heterocycles. The molecule has 0 unspecified atom stereocenters. The number of alkyl halides is 3. The first-order chi connectivity index (χ1) is 11.5. The number of anilines is 2. The van der Waals surface area contributed by atoms with Crippen LogP contribution in [-0.4, -0.2) is 30.0 Å². The van der Waals surface area contributed by atoms with Crippen LogP contribution in [0.5, 0.6) is 0 Å². The van der Waals surface area contributed by atoms with Crippen molar-refractivity contribution in [2.45, 2.75) is 25.4 Å². The summed E-state index contributed by atoms with van der Waals surface area (Å²) in [5.74, 6) is -2.09. The number of likely N-dealkylation sites (N-methyl/N-ethyl adjacent to an activating group) is 1. The number of nitrogens with one attached hydrogen (secondary N) is 1. The molecule has 1 N–H and O–H groups in total. The van der Waals surface area contributed by atoms with Gasteiger partial charge in [0.15, 0.2) is 5.13 Å². The molecule has 2 heterocycles. The fraction of sp³-hybridized carbons (Fsp3) is 0.312. The SMILES string of the molecule is CN1C(=O)C(C)(C)c2cc(-c3csc(NC(=O)C(F)(F)F)n3)ccc21.